The molecule has 0 N–H and O–H groups in total. The van der Waals surface area contributed by atoms with Gasteiger partial charge < -0.3 is 0 Å². The Hall–Kier alpha value is -2.55. The lowest BCUT2D eigenvalue weighted by atomic mass is 9.99. The third kappa shape index (κ3) is 2.18. The fourth-order valence-electron chi connectivity index (χ4n) is 2.31. The number of aromatic nitrogens is 1. The van der Waals surface area contributed by atoms with Gasteiger partial charge in [0.15, 0.2) is 5.78 Å². The first-order valence-electron chi connectivity index (χ1n) is 6.31. The van der Waals surface area contributed by atoms with Crippen molar-refractivity contribution in [2.75, 3.05) is 0 Å². The summed E-state index contributed by atoms with van der Waals surface area (Å²) in [7, 11) is 0. The molecule has 20 heavy (non-hydrogen) atoms. The van der Waals surface area contributed by atoms with Gasteiger partial charge in [0.2, 0.25) is 0 Å². The molecular weight excluding hydrogens is 253 g/mol. The molecule has 1 heterocycles. The highest BCUT2D eigenvalue weighted by Gasteiger charge is 2.14. The first-order chi connectivity index (χ1) is 9.65. The topological polar surface area (TPSA) is 30.0 Å². The number of ketones is 1. The Morgan fingerprint density at radius 3 is 2.70 bits per heavy atom. The Labute approximate surface area is 115 Å². The highest BCUT2D eigenvalue weighted by atomic mass is 19.1. The smallest absolute Gasteiger partial charge is 0.195 e. The molecule has 0 amide bonds. The number of benzene rings is 2. The molecule has 98 valence electrons. The van der Waals surface area contributed by atoms with Crippen LogP contribution in [0, 0.1) is 12.7 Å². The zero-order valence-electron chi connectivity index (χ0n) is 10.9. The Bertz CT molecular complexity index is 785. The Morgan fingerprint density at radius 2 is 1.90 bits per heavy atom. The molecular formula is C17H12FNO. The van der Waals surface area contributed by atoms with Gasteiger partial charge in [-0.05, 0) is 42.8 Å². The molecule has 3 aromatic rings. The van der Waals surface area contributed by atoms with Crippen molar-refractivity contribution >= 4 is 16.7 Å². The third-order valence-electron chi connectivity index (χ3n) is 3.18. The summed E-state index contributed by atoms with van der Waals surface area (Å²) in [6.45, 7) is 1.77. The summed E-state index contributed by atoms with van der Waals surface area (Å²) < 4.78 is 13.5. The van der Waals surface area contributed by atoms with E-state index >= 15 is 0 Å². The van der Waals surface area contributed by atoms with Crippen molar-refractivity contribution in [3.05, 3.63) is 77.2 Å². The van der Waals surface area contributed by atoms with E-state index in [2.05, 4.69) is 4.98 Å². The molecule has 3 rings (SSSR count). The summed E-state index contributed by atoms with van der Waals surface area (Å²) in [5.74, 6) is -0.613. The number of aryl methyl sites for hydroxylation is 1. The van der Waals surface area contributed by atoms with Crippen LogP contribution in [-0.4, -0.2) is 10.8 Å². The predicted octanol–water partition coefficient (Wildman–Crippen LogP) is 3.91. The van der Waals surface area contributed by atoms with Crippen molar-refractivity contribution in [3.63, 3.8) is 0 Å². The van der Waals surface area contributed by atoms with Gasteiger partial charge in [0.1, 0.15) is 5.82 Å². The summed E-state index contributed by atoms with van der Waals surface area (Å²) in [5, 5.41) is 0.895. The largest absolute Gasteiger partial charge is 0.289 e. The predicted molar refractivity (Wildman–Crippen MR) is 76.3 cm³/mol. The van der Waals surface area contributed by atoms with E-state index in [1.54, 1.807) is 25.3 Å². The molecule has 0 aliphatic heterocycles. The molecule has 0 aliphatic rings. The maximum absolute atomic E-state index is 13.5. The standard InChI is InChI=1S/C17H12FNO/c1-11-8-13(10-14(18)9-11)17(20)15-6-2-4-12-5-3-7-19-16(12)15/h2-10H,1H3. The second-order valence-corrected chi connectivity index (χ2v) is 4.73. The minimum Gasteiger partial charge on any atom is -0.289 e. The Kier molecular flexibility index (Phi) is 3.03. The van der Waals surface area contributed by atoms with E-state index in [1.165, 1.54) is 12.1 Å². The number of halogens is 1. The Balaban J connectivity index is 2.17. The number of hydrogen-bond donors (Lipinski definition) is 0. The minimum absolute atomic E-state index is 0.211. The van der Waals surface area contributed by atoms with E-state index in [1.807, 2.05) is 24.3 Å². The summed E-state index contributed by atoms with van der Waals surface area (Å²) in [6, 6.07) is 13.5. The van der Waals surface area contributed by atoms with Crippen LogP contribution < -0.4 is 0 Å². The number of rotatable bonds is 2. The van der Waals surface area contributed by atoms with Crippen molar-refractivity contribution in [1.29, 1.82) is 0 Å². The van der Waals surface area contributed by atoms with Crippen molar-refractivity contribution < 1.29 is 9.18 Å². The van der Waals surface area contributed by atoms with E-state index in [-0.39, 0.29) is 5.78 Å². The molecule has 0 atom stereocenters. The summed E-state index contributed by atoms with van der Waals surface area (Å²) >= 11 is 0. The van der Waals surface area contributed by atoms with Gasteiger partial charge in [0.05, 0.1) is 5.52 Å². The fraction of sp³-hybridized carbons (Fsp3) is 0.0588. The van der Waals surface area contributed by atoms with E-state index in [4.69, 9.17) is 0 Å². The molecule has 0 saturated carbocycles. The van der Waals surface area contributed by atoms with Crippen LogP contribution in [0.2, 0.25) is 0 Å². The van der Waals surface area contributed by atoms with Crippen LogP contribution in [0.3, 0.4) is 0 Å². The van der Waals surface area contributed by atoms with Crippen molar-refractivity contribution in [3.8, 4) is 0 Å². The molecule has 0 aliphatic carbocycles. The number of para-hydroxylation sites is 1. The molecule has 0 saturated heterocycles. The fourth-order valence-corrected chi connectivity index (χ4v) is 2.31. The van der Waals surface area contributed by atoms with Crippen LogP contribution in [0.15, 0.2) is 54.7 Å². The van der Waals surface area contributed by atoms with Gasteiger partial charge in [-0.2, -0.15) is 0 Å². The van der Waals surface area contributed by atoms with Crippen molar-refractivity contribution in [1.82, 2.24) is 4.98 Å². The second-order valence-electron chi connectivity index (χ2n) is 4.73. The lowest BCUT2D eigenvalue weighted by molar-refractivity contribution is 0.103. The van der Waals surface area contributed by atoms with E-state index < -0.39 is 5.82 Å². The summed E-state index contributed by atoms with van der Waals surface area (Å²) in [6.07, 6.45) is 1.65. The van der Waals surface area contributed by atoms with Crippen LogP contribution in [0.25, 0.3) is 10.9 Å². The number of pyridine rings is 1. The second kappa shape index (κ2) is 4.85. The SMILES string of the molecule is Cc1cc(F)cc(C(=O)c2cccc3cccnc23)c1. The number of hydrogen-bond acceptors (Lipinski definition) is 2. The Morgan fingerprint density at radius 1 is 1.10 bits per heavy atom. The molecule has 0 fully saturated rings. The van der Waals surface area contributed by atoms with Gasteiger partial charge >= 0.3 is 0 Å². The zero-order valence-corrected chi connectivity index (χ0v) is 10.9. The summed E-state index contributed by atoms with van der Waals surface area (Å²) in [5.41, 5.74) is 2.21. The number of carbonyl (C=O) groups is 1. The van der Waals surface area contributed by atoms with Crippen LogP contribution in [0.1, 0.15) is 21.5 Å². The number of carbonyl (C=O) groups excluding carboxylic acids is 1. The highest BCUT2D eigenvalue weighted by molar-refractivity contribution is 6.15. The van der Waals surface area contributed by atoms with Crippen LogP contribution >= 0.6 is 0 Å². The average molecular weight is 265 g/mol. The molecule has 1 aromatic heterocycles. The van der Waals surface area contributed by atoms with Gasteiger partial charge in [0, 0.05) is 22.7 Å². The molecule has 0 radical (unpaired) electrons. The van der Waals surface area contributed by atoms with E-state index in [0.29, 0.717) is 16.6 Å². The van der Waals surface area contributed by atoms with Crippen molar-refractivity contribution in [2.24, 2.45) is 0 Å². The van der Waals surface area contributed by atoms with E-state index in [0.717, 1.165) is 10.9 Å². The quantitative estimate of drug-likeness (QED) is 0.657. The van der Waals surface area contributed by atoms with Gasteiger partial charge in [-0.25, -0.2) is 4.39 Å². The molecule has 0 unspecified atom stereocenters. The maximum atomic E-state index is 13.5. The lowest BCUT2D eigenvalue weighted by Gasteiger charge is -2.06. The summed E-state index contributed by atoms with van der Waals surface area (Å²) in [4.78, 5) is 16.8. The van der Waals surface area contributed by atoms with Crippen LogP contribution in [-0.2, 0) is 0 Å². The van der Waals surface area contributed by atoms with Gasteiger partial charge in [0.25, 0.3) is 0 Å². The first kappa shape index (κ1) is 12.5. The van der Waals surface area contributed by atoms with Crippen LogP contribution in [0.5, 0.6) is 0 Å². The monoisotopic (exact) mass is 265 g/mol. The maximum Gasteiger partial charge on any atom is 0.195 e. The number of fused-ring (bicyclic) bond motifs is 1. The molecule has 0 bridgehead atoms. The van der Waals surface area contributed by atoms with Crippen molar-refractivity contribution in [2.45, 2.75) is 6.92 Å². The molecule has 2 aromatic carbocycles. The molecule has 2 nitrogen and oxygen atoms in total. The molecule has 3 heteroatoms. The van der Waals surface area contributed by atoms with E-state index in [9.17, 15) is 9.18 Å². The van der Waals surface area contributed by atoms with Crippen LogP contribution in [0.4, 0.5) is 4.39 Å². The zero-order chi connectivity index (χ0) is 14.1. The van der Waals surface area contributed by atoms with Gasteiger partial charge in [-0.3, -0.25) is 9.78 Å². The normalized spacial score (nSPS) is 10.7. The average Bonchev–Trinajstić information content (AvgIpc) is 2.45. The van der Waals surface area contributed by atoms with Gasteiger partial charge in [-0.15, -0.1) is 0 Å². The minimum atomic E-state index is -0.401. The first-order valence-corrected chi connectivity index (χ1v) is 6.31. The number of nitrogens with zero attached hydrogens (tertiary/aromatic N) is 1. The third-order valence-corrected chi connectivity index (χ3v) is 3.18. The van der Waals surface area contributed by atoms with Gasteiger partial charge in [-0.1, -0.05) is 18.2 Å². The lowest BCUT2D eigenvalue weighted by Crippen LogP contribution is -2.04. The highest BCUT2D eigenvalue weighted by Crippen LogP contribution is 2.20. The molecule has 0 spiro atoms.